The summed E-state index contributed by atoms with van der Waals surface area (Å²) in [4.78, 5) is 14.7. The first-order chi connectivity index (χ1) is 11.5. The highest BCUT2D eigenvalue weighted by atomic mass is 16.1. The number of H-pyrrole nitrogens is 1. The Bertz CT molecular complexity index is 980. The van der Waals surface area contributed by atoms with E-state index in [-0.39, 0.29) is 5.56 Å². The lowest BCUT2D eigenvalue weighted by Crippen LogP contribution is -2.34. The average molecular weight is 319 g/mol. The summed E-state index contributed by atoms with van der Waals surface area (Å²) in [5, 5.41) is 4.30. The molecule has 122 valence electrons. The van der Waals surface area contributed by atoms with E-state index in [4.69, 9.17) is 0 Å². The Hall–Kier alpha value is -3.01. The molecular weight excluding hydrogens is 298 g/mol. The first kappa shape index (κ1) is 15.9. The zero-order valence-corrected chi connectivity index (χ0v) is 14.0. The van der Waals surface area contributed by atoms with Gasteiger partial charge >= 0.3 is 0 Å². The van der Waals surface area contributed by atoms with Crippen LogP contribution in [0.2, 0.25) is 0 Å². The monoisotopic (exact) mass is 319 g/mol. The van der Waals surface area contributed by atoms with Gasteiger partial charge in [0.05, 0.1) is 17.1 Å². The molecule has 2 aromatic carbocycles. The molecule has 4 heteroatoms. The second-order valence-electron chi connectivity index (χ2n) is 6.01. The third-order valence-electron chi connectivity index (χ3n) is 3.97. The van der Waals surface area contributed by atoms with E-state index in [2.05, 4.69) is 11.7 Å². The van der Waals surface area contributed by atoms with Crippen LogP contribution in [0, 0.1) is 0 Å². The van der Waals surface area contributed by atoms with E-state index >= 15 is 0 Å². The quantitative estimate of drug-likeness (QED) is 0.792. The van der Waals surface area contributed by atoms with Crippen molar-refractivity contribution in [2.45, 2.75) is 6.54 Å². The van der Waals surface area contributed by atoms with Crippen LogP contribution in [0.1, 0.15) is 11.1 Å². The maximum Gasteiger partial charge on any atom is 0.274 e. The Morgan fingerprint density at radius 1 is 1.08 bits per heavy atom. The Labute approximate surface area is 141 Å². The van der Waals surface area contributed by atoms with E-state index in [9.17, 15) is 4.79 Å². The van der Waals surface area contributed by atoms with Crippen molar-refractivity contribution >= 4 is 18.3 Å². The molecule has 24 heavy (non-hydrogen) atoms. The fourth-order valence-electron chi connectivity index (χ4n) is 2.61. The van der Waals surface area contributed by atoms with Crippen LogP contribution >= 0.6 is 0 Å². The normalized spacial score (nSPS) is 11.7. The molecule has 3 aromatic rings. The summed E-state index contributed by atoms with van der Waals surface area (Å²) >= 11 is 0. The fraction of sp³-hybridized carbons (Fsp3) is 0.150. The summed E-state index contributed by atoms with van der Waals surface area (Å²) < 4.78 is 1.59. The van der Waals surface area contributed by atoms with Gasteiger partial charge in [-0.15, -0.1) is 0 Å². The molecule has 0 aliphatic heterocycles. The van der Waals surface area contributed by atoms with Gasteiger partial charge in [0.25, 0.3) is 5.56 Å². The van der Waals surface area contributed by atoms with Gasteiger partial charge < -0.3 is 4.90 Å². The third kappa shape index (κ3) is 3.33. The number of benzene rings is 2. The lowest BCUT2D eigenvalue weighted by atomic mass is 10.1. The molecule has 0 saturated carbocycles. The molecule has 0 saturated heterocycles. The molecule has 0 amide bonds. The van der Waals surface area contributed by atoms with Crippen molar-refractivity contribution in [3.8, 4) is 0 Å². The van der Waals surface area contributed by atoms with Gasteiger partial charge in [-0.2, -0.15) is 0 Å². The molecule has 3 rings (SSSR count). The maximum atomic E-state index is 12.6. The molecule has 0 fully saturated rings. The highest BCUT2D eigenvalue weighted by molar-refractivity contribution is 5.55. The van der Waals surface area contributed by atoms with Gasteiger partial charge in [0.15, 0.2) is 0 Å². The third-order valence-corrected chi connectivity index (χ3v) is 3.97. The first-order valence-electron chi connectivity index (χ1n) is 7.85. The van der Waals surface area contributed by atoms with E-state index in [0.29, 0.717) is 17.1 Å². The molecule has 1 aromatic heterocycles. The van der Waals surface area contributed by atoms with Crippen LogP contribution in [-0.2, 0) is 6.54 Å². The van der Waals surface area contributed by atoms with E-state index in [1.54, 1.807) is 4.68 Å². The Morgan fingerprint density at radius 3 is 2.38 bits per heavy atom. The van der Waals surface area contributed by atoms with E-state index in [1.165, 1.54) is 0 Å². The molecule has 0 bridgehead atoms. The van der Waals surface area contributed by atoms with Gasteiger partial charge in [-0.3, -0.25) is 9.89 Å². The number of nitrogens with zero attached hydrogens (tertiary/aromatic N) is 2. The van der Waals surface area contributed by atoms with Crippen molar-refractivity contribution in [2.75, 3.05) is 19.0 Å². The van der Waals surface area contributed by atoms with Gasteiger partial charge in [0, 0.05) is 19.8 Å². The van der Waals surface area contributed by atoms with E-state index in [0.717, 1.165) is 16.8 Å². The van der Waals surface area contributed by atoms with Crippen molar-refractivity contribution in [1.29, 1.82) is 0 Å². The van der Waals surface area contributed by atoms with Crippen LogP contribution in [0.5, 0.6) is 0 Å². The van der Waals surface area contributed by atoms with Gasteiger partial charge in [0.2, 0.25) is 0 Å². The van der Waals surface area contributed by atoms with Crippen LogP contribution in [0.3, 0.4) is 0 Å². The van der Waals surface area contributed by atoms with Crippen molar-refractivity contribution in [3.63, 3.8) is 0 Å². The van der Waals surface area contributed by atoms with Crippen molar-refractivity contribution < 1.29 is 0 Å². The van der Waals surface area contributed by atoms with Gasteiger partial charge in [-0.25, -0.2) is 4.68 Å². The van der Waals surface area contributed by atoms with Crippen LogP contribution in [0.4, 0.5) is 5.69 Å². The minimum atomic E-state index is -0.0551. The van der Waals surface area contributed by atoms with Gasteiger partial charge in [-0.05, 0) is 29.3 Å². The lowest BCUT2D eigenvalue weighted by molar-refractivity contribution is 0.658. The molecule has 0 radical (unpaired) electrons. The van der Waals surface area contributed by atoms with Crippen LogP contribution in [0.15, 0.2) is 59.4 Å². The molecule has 0 aliphatic rings. The van der Waals surface area contributed by atoms with E-state index in [1.807, 2.05) is 79.7 Å². The van der Waals surface area contributed by atoms with Crippen molar-refractivity contribution in [2.24, 2.45) is 0 Å². The summed E-state index contributed by atoms with van der Waals surface area (Å²) in [5.74, 6) is 0. The van der Waals surface area contributed by atoms with Crippen molar-refractivity contribution in [1.82, 2.24) is 9.78 Å². The van der Waals surface area contributed by atoms with Gasteiger partial charge in [-0.1, -0.05) is 49.0 Å². The molecule has 4 nitrogen and oxygen atoms in total. The second-order valence-corrected chi connectivity index (χ2v) is 6.01. The molecule has 1 N–H and O–H groups in total. The molecule has 0 unspecified atom stereocenters. The zero-order chi connectivity index (χ0) is 17.1. The van der Waals surface area contributed by atoms with Crippen LogP contribution in [-0.4, -0.2) is 23.9 Å². The minimum absolute atomic E-state index is 0.0551. The van der Waals surface area contributed by atoms with E-state index < -0.39 is 0 Å². The molecule has 0 spiro atoms. The van der Waals surface area contributed by atoms with Crippen LogP contribution < -0.4 is 21.0 Å². The van der Waals surface area contributed by atoms with Gasteiger partial charge in [0.1, 0.15) is 0 Å². The SMILES string of the molecule is C=c1[nH]n(Cc2ccccc2)c(=O)/c1=C/c1ccc(N(C)C)cc1. The Morgan fingerprint density at radius 2 is 1.75 bits per heavy atom. The molecule has 0 atom stereocenters. The van der Waals surface area contributed by atoms with Crippen LogP contribution in [0.25, 0.3) is 12.7 Å². The standard InChI is InChI=1S/C20H21N3O/c1-15-19(13-16-9-11-18(12-10-16)22(2)3)20(24)23(21-15)14-17-7-5-4-6-8-17/h4-13,21H,1,14H2,2-3H3/b19-13+. The summed E-state index contributed by atoms with van der Waals surface area (Å²) in [6.45, 7) is 4.48. The Kier molecular flexibility index (Phi) is 4.38. The smallest absolute Gasteiger partial charge is 0.274 e. The highest BCUT2D eigenvalue weighted by Gasteiger charge is 2.03. The summed E-state index contributed by atoms with van der Waals surface area (Å²) in [6, 6.07) is 18.0. The fourth-order valence-corrected chi connectivity index (χ4v) is 2.61. The second kappa shape index (κ2) is 6.62. The topological polar surface area (TPSA) is 41.0 Å². The number of anilines is 1. The number of aromatic nitrogens is 2. The number of nitrogens with one attached hydrogen (secondary N) is 1. The van der Waals surface area contributed by atoms with Crippen molar-refractivity contribution in [3.05, 3.63) is 86.6 Å². The molecule has 0 aliphatic carbocycles. The molecular formula is C20H21N3O. The number of hydrogen-bond acceptors (Lipinski definition) is 2. The first-order valence-corrected chi connectivity index (χ1v) is 7.85. The summed E-state index contributed by atoms with van der Waals surface area (Å²) in [5.41, 5.74) is 3.12. The minimum Gasteiger partial charge on any atom is -0.378 e. The zero-order valence-electron chi connectivity index (χ0n) is 14.0. The summed E-state index contributed by atoms with van der Waals surface area (Å²) in [6.07, 6.45) is 1.88. The Balaban J connectivity index is 1.97. The number of hydrogen-bond donors (Lipinski definition) is 1. The number of rotatable bonds is 4. The average Bonchev–Trinajstić information content (AvgIpc) is 2.84. The number of aromatic amines is 1. The highest BCUT2D eigenvalue weighted by Crippen LogP contribution is 2.12. The predicted molar refractivity (Wildman–Crippen MR) is 99.7 cm³/mol. The summed E-state index contributed by atoms with van der Waals surface area (Å²) in [7, 11) is 4.00. The largest absolute Gasteiger partial charge is 0.378 e. The maximum absolute atomic E-state index is 12.6. The lowest BCUT2D eigenvalue weighted by Gasteiger charge is -2.11. The predicted octanol–water partition coefficient (Wildman–Crippen LogP) is 1.53. The molecule has 1 heterocycles.